The van der Waals surface area contributed by atoms with Gasteiger partial charge in [-0.3, -0.25) is 14.6 Å². The fraction of sp³-hybridized carbons (Fsp3) is 0.643. The van der Waals surface area contributed by atoms with Crippen LogP contribution >= 0.6 is 0 Å². The molecule has 6 rings (SSSR count). The molecule has 2 aliphatic heterocycles. The van der Waals surface area contributed by atoms with Crippen molar-refractivity contribution in [3.8, 4) is 0 Å². The molecule has 2 atom stereocenters. The molecular formula is C28H39N7O2. The molecule has 3 aliphatic rings. The Morgan fingerprint density at radius 3 is 2.65 bits per heavy atom. The second-order valence-electron chi connectivity index (χ2n) is 10.9. The molecule has 0 amide bonds. The highest BCUT2D eigenvalue weighted by Crippen LogP contribution is 2.30. The lowest BCUT2D eigenvalue weighted by Crippen LogP contribution is -2.52. The molecule has 3 aromatic rings. The number of aromatic amines is 1. The van der Waals surface area contributed by atoms with Crippen molar-refractivity contribution in [1.82, 2.24) is 35.0 Å². The summed E-state index contributed by atoms with van der Waals surface area (Å²) in [4.78, 5) is 21.8. The van der Waals surface area contributed by atoms with Gasteiger partial charge < -0.3 is 9.72 Å². The van der Waals surface area contributed by atoms with E-state index in [0.29, 0.717) is 12.6 Å². The fourth-order valence-electron chi connectivity index (χ4n) is 6.52. The van der Waals surface area contributed by atoms with Crippen LogP contribution in [0.1, 0.15) is 74.9 Å². The van der Waals surface area contributed by atoms with Gasteiger partial charge in [-0.1, -0.05) is 32.3 Å². The molecule has 0 radical (unpaired) electrons. The Morgan fingerprint density at radius 2 is 1.89 bits per heavy atom. The van der Waals surface area contributed by atoms with Crippen molar-refractivity contribution in [3.05, 3.63) is 51.6 Å². The van der Waals surface area contributed by atoms with Gasteiger partial charge in [0.05, 0.1) is 12.6 Å². The number of hydrogen-bond donors (Lipinski definition) is 1. The molecule has 9 nitrogen and oxygen atoms in total. The molecule has 0 bridgehead atoms. The minimum Gasteiger partial charge on any atom is -0.376 e. The Bertz CT molecular complexity index is 1250. The van der Waals surface area contributed by atoms with Crippen LogP contribution in [0.4, 0.5) is 0 Å². The Balaban J connectivity index is 1.35. The SMILES string of the molecule is CCc1ccc2[nH]c(=O)c([C@@H](c3nnnn3C[C@@H]3CCCO3)N3CCN(C4CCCCC4)CC3)cc2c1. The van der Waals surface area contributed by atoms with Gasteiger partial charge in [0, 0.05) is 49.9 Å². The maximum Gasteiger partial charge on any atom is 0.253 e. The predicted octanol–water partition coefficient (Wildman–Crippen LogP) is 3.30. The lowest BCUT2D eigenvalue weighted by Gasteiger charge is -2.43. The Morgan fingerprint density at radius 1 is 1.05 bits per heavy atom. The summed E-state index contributed by atoms with van der Waals surface area (Å²) in [6.07, 6.45) is 9.84. The fourth-order valence-corrected chi connectivity index (χ4v) is 6.52. The number of piperazine rings is 1. The van der Waals surface area contributed by atoms with Crippen molar-refractivity contribution in [2.45, 2.75) is 83.0 Å². The number of nitrogens with zero attached hydrogens (tertiary/aromatic N) is 6. The smallest absolute Gasteiger partial charge is 0.253 e. The van der Waals surface area contributed by atoms with E-state index >= 15 is 0 Å². The number of aromatic nitrogens is 5. The van der Waals surface area contributed by atoms with Crippen LogP contribution in [0.25, 0.3) is 10.9 Å². The van der Waals surface area contributed by atoms with Crippen LogP contribution in [0.2, 0.25) is 0 Å². The lowest BCUT2D eigenvalue weighted by molar-refractivity contribution is 0.0593. The second-order valence-corrected chi connectivity index (χ2v) is 10.9. The number of pyridine rings is 1. The van der Waals surface area contributed by atoms with Crippen LogP contribution in [0, 0.1) is 0 Å². The second kappa shape index (κ2) is 11.0. The van der Waals surface area contributed by atoms with Crippen LogP contribution in [-0.4, -0.2) is 79.9 Å². The van der Waals surface area contributed by atoms with Gasteiger partial charge >= 0.3 is 0 Å². The van der Waals surface area contributed by atoms with Crippen molar-refractivity contribution in [2.75, 3.05) is 32.8 Å². The largest absolute Gasteiger partial charge is 0.376 e. The number of benzene rings is 1. The monoisotopic (exact) mass is 505 g/mol. The van der Waals surface area contributed by atoms with E-state index in [4.69, 9.17) is 4.74 Å². The zero-order valence-electron chi connectivity index (χ0n) is 21.9. The van der Waals surface area contributed by atoms with E-state index in [9.17, 15) is 4.79 Å². The standard InChI is InChI=1S/C28H39N7O2/c1-2-20-10-11-25-21(17-20)18-24(28(36)29-25)26(27-30-31-32-35(27)19-23-9-6-16-37-23)34-14-12-33(13-15-34)22-7-4-3-5-8-22/h10-11,17-18,22-23,26H,2-9,12-16,19H2,1H3,(H,29,36)/t23-,26-/m0/s1. The maximum atomic E-state index is 13.5. The number of aryl methyl sites for hydroxylation is 1. The molecule has 4 heterocycles. The molecule has 2 aromatic heterocycles. The third-order valence-electron chi connectivity index (χ3n) is 8.65. The minimum absolute atomic E-state index is 0.0666. The predicted molar refractivity (Wildman–Crippen MR) is 143 cm³/mol. The summed E-state index contributed by atoms with van der Waals surface area (Å²) in [5.41, 5.74) is 2.77. The first-order chi connectivity index (χ1) is 18.2. The molecule has 0 unspecified atom stereocenters. The highest BCUT2D eigenvalue weighted by atomic mass is 16.5. The van der Waals surface area contributed by atoms with E-state index in [1.807, 2.05) is 10.7 Å². The van der Waals surface area contributed by atoms with Crippen LogP contribution in [-0.2, 0) is 17.7 Å². The van der Waals surface area contributed by atoms with Crippen LogP contribution < -0.4 is 5.56 Å². The Labute approximate surface area is 218 Å². The number of H-pyrrole nitrogens is 1. The molecule has 1 aromatic carbocycles. The summed E-state index contributed by atoms with van der Waals surface area (Å²) in [6, 6.07) is 8.75. The molecule has 1 aliphatic carbocycles. The zero-order valence-corrected chi connectivity index (χ0v) is 21.9. The first kappa shape index (κ1) is 24.7. The van der Waals surface area contributed by atoms with Crippen molar-refractivity contribution in [1.29, 1.82) is 0 Å². The van der Waals surface area contributed by atoms with Crippen LogP contribution in [0.15, 0.2) is 29.1 Å². The van der Waals surface area contributed by atoms with E-state index in [2.05, 4.69) is 55.4 Å². The third-order valence-corrected chi connectivity index (χ3v) is 8.65. The van der Waals surface area contributed by atoms with Gasteiger partial charge in [0.1, 0.15) is 6.04 Å². The quantitative estimate of drug-likeness (QED) is 0.527. The molecule has 1 saturated carbocycles. The molecule has 9 heteroatoms. The first-order valence-electron chi connectivity index (χ1n) is 14.2. The normalized spacial score (nSPS) is 23.1. The summed E-state index contributed by atoms with van der Waals surface area (Å²) in [7, 11) is 0. The molecular weight excluding hydrogens is 466 g/mol. The summed E-state index contributed by atoms with van der Waals surface area (Å²) in [5.74, 6) is 0.734. The summed E-state index contributed by atoms with van der Waals surface area (Å²) in [5, 5.41) is 14.0. The summed E-state index contributed by atoms with van der Waals surface area (Å²) in [6.45, 7) is 7.37. The molecule has 2 saturated heterocycles. The Hall–Kier alpha value is -2.62. The molecule has 3 fully saturated rings. The number of nitrogens with one attached hydrogen (secondary N) is 1. The number of tetrazole rings is 1. The highest BCUT2D eigenvalue weighted by molar-refractivity contribution is 5.80. The Kier molecular flexibility index (Phi) is 7.35. The highest BCUT2D eigenvalue weighted by Gasteiger charge is 2.35. The van der Waals surface area contributed by atoms with Crippen molar-refractivity contribution in [2.24, 2.45) is 0 Å². The number of rotatable bonds is 7. The molecule has 0 spiro atoms. The first-order valence-corrected chi connectivity index (χ1v) is 14.2. The molecule has 37 heavy (non-hydrogen) atoms. The summed E-state index contributed by atoms with van der Waals surface area (Å²) >= 11 is 0. The number of fused-ring (bicyclic) bond motifs is 1. The topological polar surface area (TPSA) is 92.2 Å². The minimum atomic E-state index is -0.302. The third kappa shape index (κ3) is 5.22. The molecule has 1 N–H and O–H groups in total. The van der Waals surface area contributed by atoms with E-state index < -0.39 is 0 Å². The average Bonchev–Trinajstić information content (AvgIpc) is 3.63. The van der Waals surface area contributed by atoms with E-state index in [0.717, 1.165) is 74.3 Å². The van der Waals surface area contributed by atoms with Gasteiger partial charge in [0.25, 0.3) is 5.56 Å². The van der Waals surface area contributed by atoms with E-state index in [1.165, 1.54) is 37.7 Å². The number of ether oxygens (including phenoxy) is 1. The molecule has 198 valence electrons. The number of hydrogen-bond acceptors (Lipinski definition) is 7. The van der Waals surface area contributed by atoms with E-state index in [1.54, 1.807) is 0 Å². The zero-order chi connectivity index (χ0) is 25.2. The lowest BCUT2D eigenvalue weighted by atomic mass is 9.93. The van der Waals surface area contributed by atoms with Crippen LogP contribution in [0.5, 0.6) is 0 Å². The van der Waals surface area contributed by atoms with Gasteiger partial charge in [0.2, 0.25) is 0 Å². The maximum absolute atomic E-state index is 13.5. The van der Waals surface area contributed by atoms with Gasteiger partial charge in [-0.05, 0) is 71.7 Å². The van der Waals surface area contributed by atoms with Crippen LogP contribution in [0.3, 0.4) is 0 Å². The van der Waals surface area contributed by atoms with Gasteiger partial charge in [-0.25, -0.2) is 4.68 Å². The summed E-state index contributed by atoms with van der Waals surface area (Å²) < 4.78 is 7.77. The van der Waals surface area contributed by atoms with Gasteiger partial charge in [0.15, 0.2) is 5.82 Å². The van der Waals surface area contributed by atoms with Gasteiger partial charge in [-0.15, -0.1) is 5.10 Å². The van der Waals surface area contributed by atoms with Gasteiger partial charge in [-0.2, -0.15) is 0 Å². The van der Waals surface area contributed by atoms with E-state index in [-0.39, 0.29) is 17.7 Å². The van der Waals surface area contributed by atoms with Crippen molar-refractivity contribution >= 4 is 10.9 Å². The average molecular weight is 506 g/mol. The van der Waals surface area contributed by atoms with Crippen molar-refractivity contribution in [3.63, 3.8) is 0 Å². The van der Waals surface area contributed by atoms with Crippen molar-refractivity contribution < 1.29 is 4.74 Å².